The lowest BCUT2D eigenvalue weighted by Gasteiger charge is -2.35. The van der Waals surface area contributed by atoms with Crippen LogP contribution in [0.1, 0.15) is 32.1 Å². The summed E-state index contributed by atoms with van der Waals surface area (Å²) in [4.78, 5) is 6.26. The number of nitrogens with two attached hydrogens (primary N) is 1. The molecule has 0 aromatic carbocycles. The van der Waals surface area contributed by atoms with Crippen molar-refractivity contribution in [1.29, 1.82) is 0 Å². The van der Waals surface area contributed by atoms with Crippen molar-refractivity contribution < 1.29 is 4.39 Å². The number of hydrogen-bond acceptors (Lipinski definition) is 3. The molecule has 1 aliphatic rings. The summed E-state index contributed by atoms with van der Waals surface area (Å²) in [7, 11) is 0. The summed E-state index contributed by atoms with van der Waals surface area (Å²) in [6.45, 7) is 1.18. The third-order valence-electron chi connectivity index (χ3n) is 3.45. The molecule has 0 spiro atoms. The van der Waals surface area contributed by atoms with Crippen LogP contribution in [-0.4, -0.2) is 24.1 Å². The smallest absolute Gasteiger partial charge is 0.166 e. The lowest BCUT2D eigenvalue weighted by atomic mass is 9.94. The largest absolute Gasteiger partial charge is 0.350 e. The van der Waals surface area contributed by atoms with Crippen LogP contribution in [0.3, 0.4) is 0 Å². The van der Waals surface area contributed by atoms with Crippen molar-refractivity contribution in [2.24, 2.45) is 5.73 Å². The van der Waals surface area contributed by atoms with Crippen molar-refractivity contribution in [1.82, 2.24) is 4.98 Å². The average molecular weight is 316 g/mol. The molecule has 5 heteroatoms. The molecule has 2 N–H and O–H groups in total. The van der Waals surface area contributed by atoms with Gasteiger partial charge >= 0.3 is 0 Å². The molecule has 0 atom stereocenters. The molecule has 2 rings (SSSR count). The molecule has 1 aromatic heterocycles. The molecular formula is C13H19BrFN3. The molecule has 0 saturated heterocycles. The molecule has 1 fully saturated rings. The first kappa shape index (κ1) is 13.7. The highest BCUT2D eigenvalue weighted by Crippen LogP contribution is 2.28. The minimum absolute atomic E-state index is 0.275. The number of nitrogens with zero attached hydrogens (tertiary/aromatic N) is 2. The van der Waals surface area contributed by atoms with Gasteiger partial charge in [0.2, 0.25) is 0 Å². The van der Waals surface area contributed by atoms with Gasteiger partial charge in [-0.2, -0.15) is 0 Å². The number of pyridine rings is 1. The molecule has 1 heterocycles. The van der Waals surface area contributed by atoms with Crippen LogP contribution in [0.2, 0.25) is 0 Å². The van der Waals surface area contributed by atoms with E-state index in [1.807, 2.05) is 4.90 Å². The van der Waals surface area contributed by atoms with E-state index in [1.54, 1.807) is 6.20 Å². The zero-order valence-electron chi connectivity index (χ0n) is 10.4. The van der Waals surface area contributed by atoms with E-state index in [2.05, 4.69) is 20.9 Å². The van der Waals surface area contributed by atoms with E-state index in [-0.39, 0.29) is 5.82 Å². The van der Waals surface area contributed by atoms with Gasteiger partial charge in [0.1, 0.15) is 0 Å². The Kier molecular flexibility index (Phi) is 4.95. The second kappa shape index (κ2) is 6.48. The Morgan fingerprint density at radius 1 is 1.39 bits per heavy atom. The average Bonchev–Trinajstić information content (AvgIpc) is 2.38. The maximum Gasteiger partial charge on any atom is 0.166 e. The second-order valence-corrected chi connectivity index (χ2v) is 5.65. The van der Waals surface area contributed by atoms with Crippen LogP contribution in [0.15, 0.2) is 16.7 Å². The highest BCUT2D eigenvalue weighted by molar-refractivity contribution is 9.10. The predicted molar refractivity (Wildman–Crippen MR) is 75.2 cm³/mol. The van der Waals surface area contributed by atoms with Gasteiger partial charge in [-0.1, -0.05) is 19.3 Å². The Morgan fingerprint density at radius 3 is 2.72 bits per heavy atom. The summed E-state index contributed by atoms with van der Waals surface area (Å²) >= 11 is 3.23. The Hall–Kier alpha value is -0.680. The van der Waals surface area contributed by atoms with Gasteiger partial charge in [-0.05, 0) is 34.8 Å². The van der Waals surface area contributed by atoms with E-state index in [0.29, 0.717) is 29.4 Å². The van der Waals surface area contributed by atoms with Gasteiger partial charge < -0.3 is 10.6 Å². The fraction of sp³-hybridized carbons (Fsp3) is 0.615. The number of aromatic nitrogens is 1. The fourth-order valence-electron chi connectivity index (χ4n) is 2.61. The quantitative estimate of drug-likeness (QED) is 0.928. The second-order valence-electron chi connectivity index (χ2n) is 4.73. The molecule has 18 heavy (non-hydrogen) atoms. The first-order chi connectivity index (χ1) is 8.72. The highest BCUT2D eigenvalue weighted by atomic mass is 79.9. The topological polar surface area (TPSA) is 42.1 Å². The Bertz CT molecular complexity index is 394. The maximum atomic E-state index is 14.0. The molecule has 0 bridgehead atoms. The van der Waals surface area contributed by atoms with E-state index in [1.165, 1.54) is 25.3 Å². The summed E-state index contributed by atoms with van der Waals surface area (Å²) in [5.41, 5.74) is 5.65. The first-order valence-corrected chi connectivity index (χ1v) is 7.29. The molecule has 0 unspecified atom stereocenters. The van der Waals surface area contributed by atoms with Crippen LogP contribution < -0.4 is 10.6 Å². The SMILES string of the molecule is NCCN(c1ncc(Br)cc1F)C1CCCCC1. The summed E-state index contributed by atoms with van der Waals surface area (Å²) in [5, 5.41) is 0. The number of halogens is 2. The van der Waals surface area contributed by atoms with Gasteiger partial charge in [0, 0.05) is 29.8 Å². The van der Waals surface area contributed by atoms with Crippen molar-refractivity contribution in [3.8, 4) is 0 Å². The van der Waals surface area contributed by atoms with E-state index < -0.39 is 0 Å². The first-order valence-electron chi connectivity index (χ1n) is 6.50. The van der Waals surface area contributed by atoms with Gasteiger partial charge in [-0.3, -0.25) is 0 Å². The molecule has 100 valence electrons. The molecule has 1 aromatic rings. The molecule has 1 aliphatic carbocycles. The summed E-state index contributed by atoms with van der Waals surface area (Å²) in [5.74, 6) is 0.166. The van der Waals surface area contributed by atoms with Crippen LogP contribution >= 0.6 is 15.9 Å². The van der Waals surface area contributed by atoms with Crippen LogP contribution in [0.5, 0.6) is 0 Å². The van der Waals surface area contributed by atoms with E-state index >= 15 is 0 Å². The molecule has 3 nitrogen and oxygen atoms in total. The zero-order chi connectivity index (χ0) is 13.0. The van der Waals surface area contributed by atoms with E-state index in [4.69, 9.17) is 5.73 Å². The Balaban J connectivity index is 2.22. The minimum atomic E-state index is -0.275. The third-order valence-corrected chi connectivity index (χ3v) is 3.88. The molecule has 1 saturated carbocycles. The van der Waals surface area contributed by atoms with Gasteiger partial charge in [-0.25, -0.2) is 9.37 Å². The van der Waals surface area contributed by atoms with Crippen molar-refractivity contribution in [3.05, 3.63) is 22.6 Å². The van der Waals surface area contributed by atoms with E-state index in [0.717, 1.165) is 12.8 Å². The molecular weight excluding hydrogens is 297 g/mol. The normalized spacial score (nSPS) is 16.8. The summed E-state index contributed by atoms with van der Waals surface area (Å²) < 4.78 is 14.7. The minimum Gasteiger partial charge on any atom is -0.350 e. The Morgan fingerprint density at radius 2 is 2.11 bits per heavy atom. The van der Waals surface area contributed by atoms with Crippen LogP contribution in [0.4, 0.5) is 10.2 Å². The summed E-state index contributed by atoms with van der Waals surface area (Å²) in [6, 6.07) is 1.85. The third kappa shape index (κ3) is 3.20. The molecule has 0 radical (unpaired) electrons. The maximum absolute atomic E-state index is 14.0. The number of rotatable bonds is 4. The number of hydrogen-bond donors (Lipinski definition) is 1. The predicted octanol–water partition coefficient (Wildman–Crippen LogP) is 3.08. The monoisotopic (exact) mass is 315 g/mol. The van der Waals surface area contributed by atoms with Crippen molar-refractivity contribution >= 4 is 21.7 Å². The van der Waals surface area contributed by atoms with Gasteiger partial charge in [0.05, 0.1) is 0 Å². The van der Waals surface area contributed by atoms with Crippen LogP contribution in [0.25, 0.3) is 0 Å². The van der Waals surface area contributed by atoms with Crippen LogP contribution in [-0.2, 0) is 0 Å². The molecule has 0 amide bonds. The lowest BCUT2D eigenvalue weighted by Crippen LogP contribution is -2.41. The Labute approximate surface area is 116 Å². The summed E-state index contributed by atoms with van der Waals surface area (Å²) in [6.07, 6.45) is 7.57. The van der Waals surface area contributed by atoms with Crippen molar-refractivity contribution in [3.63, 3.8) is 0 Å². The lowest BCUT2D eigenvalue weighted by molar-refractivity contribution is 0.410. The van der Waals surface area contributed by atoms with E-state index in [9.17, 15) is 4.39 Å². The van der Waals surface area contributed by atoms with Gasteiger partial charge in [-0.15, -0.1) is 0 Å². The van der Waals surface area contributed by atoms with Crippen molar-refractivity contribution in [2.75, 3.05) is 18.0 Å². The fourth-order valence-corrected chi connectivity index (χ4v) is 2.92. The van der Waals surface area contributed by atoms with Crippen molar-refractivity contribution in [2.45, 2.75) is 38.1 Å². The van der Waals surface area contributed by atoms with Gasteiger partial charge in [0.25, 0.3) is 0 Å². The van der Waals surface area contributed by atoms with Crippen LogP contribution in [0, 0.1) is 5.82 Å². The standard InChI is InChI=1S/C13H19BrFN3/c14-10-8-12(15)13(17-9-10)18(7-6-16)11-4-2-1-3-5-11/h8-9,11H,1-7,16H2. The zero-order valence-corrected chi connectivity index (χ0v) is 12.0. The highest BCUT2D eigenvalue weighted by Gasteiger charge is 2.24. The molecule has 0 aliphatic heterocycles. The van der Waals surface area contributed by atoms with Gasteiger partial charge in [0.15, 0.2) is 11.6 Å². The number of anilines is 1.